The predicted molar refractivity (Wildman–Crippen MR) is 92.3 cm³/mol. The van der Waals surface area contributed by atoms with Gasteiger partial charge in [-0.3, -0.25) is 9.69 Å². The second-order valence-corrected chi connectivity index (χ2v) is 5.88. The van der Waals surface area contributed by atoms with E-state index in [1.54, 1.807) is 42.5 Å². The standard InChI is InChI=1S/C19H18F2N2O3/c20-17(21)13-22(12-14-5-2-1-3-6-14)18(24)15-7-4-8-16(11-15)23-9-10-26-19(23)25/h1-8,11,17H,9-10,12-13H2. The van der Waals surface area contributed by atoms with E-state index in [0.717, 1.165) is 10.5 Å². The zero-order chi connectivity index (χ0) is 18.5. The topological polar surface area (TPSA) is 49.9 Å². The number of alkyl halides is 2. The van der Waals surface area contributed by atoms with Gasteiger partial charge in [0.15, 0.2) is 0 Å². The van der Waals surface area contributed by atoms with Crippen LogP contribution in [-0.2, 0) is 11.3 Å². The van der Waals surface area contributed by atoms with E-state index < -0.39 is 25.0 Å². The van der Waals surface area contributed by atoms with Gasteiger partial charge in [-0.1, -0.05) is 36.4 Å². The molecule has 0 radical (unpaired) electrons. The van der Waals surface area contributed by atoms with Crippen molar-refractivity contribution >= 4 is 17.7 Å². The highest BCUT2D eigenvalue weighted by molar-refractivity contribution is 5.97. The maximum atomic E-state index is 13.0. The van der Waals surface area contributed by atoms with Crippen LogP contribution in [0.1, 0.15) is 15.9 Å². The highest BCUT2D eigenvalue weighted by Crippen LogP contribution is 2.21. The van der Waals surface area contributed by atoms with Crippen LogP contribution in [-0.4, -0.2) is 43.0 Å². The summed E-state index contributed by atoms with van der Waals surface area (Å²) in [6, 6.07) is 15.3. The largest absolute Gasteiger partial charge is 0.447 e. The van der Waals surface area contributed by atoms with Crippen LogP contribution in [0.2, 0.25) is 0 Å². The van der Waals surface area contributed by atoms with E-state index >= 15 is 0 Å². The van der Waals surface area contributed by atoms with E-state index in [1.807, 2.05) is 6.07 Å². The van der Waals surface area contributed by atoms with E-state index in [4.69, 9.17) is 4.74 Å². The minimum Gasteiger partial charge on any atom is -0.447 e. The Balaban J connectivity index is 1.83. The van der Waals surface area contributed by atoms with Gasteiger partial charge in [0.05, 0.1) is 13.1 Å². The van der Waals surface area contributed by atoms with Gasteiger partial charge in [-0.2, -0.15) is 0 Å². The fraction of sp³-hybridized carbons (Fsp3) is 0.263. The van der Waals surface area contributed by atoms with Crippen LogP contribution in [0.3, 0.4) is 0 Å². The number of cyclic esters (lactones) is 1. The quantitative estimate of drug-likeness (QED) is 0.792. The molecule has 1 aliphatic rings. The van der Waals surface area contributed by atoms with Crippen molar-refractivity contribution in [1.82, 2.24) is 4.90 Å². The molecule has 0 aromatic heterocycles. The second-order valence-electron chi connectivity index (χ2n) is 5.88. The van der Waals surface area contributed by atoms with E-state index in [9.17, 15) is 18.4 Å². The average Bonchev–Trinajstić information content (AvgIpc) is 3.07. The Kier molecular flexibility index (Phi) is 5.46. The number of hydrogen-bond acceptors (Lipinski definition) is 3. The number of benzene rings is 2. The molecule has 0 aliphatic carbocycles. The lowest BCUT2D eigenvalue weighted by Gasteiger charge is -2.23. The number of carbonyl (C=O) groups is 2. The molecule has 0 bridgehead atoms. The molecule has 2 aromatic rings. The summed E-state index contributed by atoms with van der Waals surface area (Å²) in [6.45, 7) is 0.0907. The first-order valence-corrected chi connectivity index (χ1v) is 8.20. The summed E-state index contributed by atoms with van der Waals surface area (Å²) in [6.07, 6.45) is -3.12. The summed E-state index contributed by atoms with van der Waals surface area (Å²) >= 11 is 0. The highest BCUT2D eigenvalue weighted by atomic mass is 19.3. The Morgan fingerprint density at radius 1 is 1.15 bits per heavy atom. The summed E-state index contributed by atoms with van der Waals surface area (Å²) in [7, 11) is 0. The highest BCUT2D eigenvalue weighted by Gasteiger charge is 2.25. The van der Waals surface area contributed by atoms with Crippen LogP contribution in [0.25, 0.3) is 0 Å². The Hall–Kier alpha value is -2.96. The minimum atomic E-state index is -2.64. The lowest BCUT2D eigenvalue weighted by Crippen LogP contribution is -2.34. The fourth-order valence-electron chi connectivity index (χ4n) is 2.81. The number of nitrogens with zero attached hydrogens (tertiary/aromatic N) is 2. The number of carbonyl (C=O) groups excluding carboxylic acids is 2. The van der Waals surface area contributed by atoms with Crippen LogP contribution >= 0.6 is 0 Å². The van der Waals surface area contributed by atoms with E-state index in [-0.39, 0.29) is 18.7 Å². The molecule has 7 heteroatoms. The molecule has 0 atom stereocenters. The van der Waals surface area contributed by atoms with E-state index in [2.05, 4.69) is 0 Å². The molecule has 0 unspecified atom stereocenters. The monoisotopic (exact) mass is 360 g/mol. The lowest BCUT2D eigenvalue weighted by molar-refractivity contribution is 0.0535. The molecule has 1 saturated heterocycles. The first-order chi connectivity index (χ1) is 12.5. The molecule has 1 heterocycles. The zero-order valence-electron chi connectivity index (χ0n) is 14.0. The van der Waals surface area contributed by atoms with Gasteiger partial charge in [-0.25, -0.2) is 13.6 Å². The molecule has 1 fully saturated rings. The van der Waals surface area contributed by atoms with Crippen LogP contribution in [0.15, 0.2) is 54.6 Å². The third kappa shape index (κ3) is 4.17. The van der Waals surface area contributed by atoms with Gasteiger partial charge in [0, 0.05) is 17.8 Å². The van der Waals surface area contributed by atoms with Crippen molar-refractivity contribution in [2.75, 3.05) is 24.6 Å². The first kappa shape index (κ1) is 17.8. The Bertz CT molecular complexity index is 783. The zero-order valence-corrected chi connectivity index (χ0v) is 14.0. The Morgan fingerprint density at radius 2 is 1.92 bits per heavy atom. The van der Waals surface area contributed by atoms with Crippen LogP contribution in [0, 0.1) is 0 Å². The van der Waals surface area contributed by atoms with Crippen LogP contribution in [0.5, 0.6) is 0 Å². The maximum Gasteiger partial charge on any atom is 0.414 e. The van der Waals surface area contributed by atoms with Crippen molar-refractivity contribution in [1.29, 1.82) is 0 Å². The van der Waals surface area contributed by atoms with Gasteiger partial charge in [0.25, 0.3) is 12.3 Å². The normalized spacial score (nSPS) is 13.8. The summed E-state index contributed by atoms with van der Waals surface area (Å²) < 4.78 is 30.8. The van der Waals surface area contributed by atoms with Crippen molar-refractivity contribution < 1.29 is 23.1 Å². The lowest BCUT2D eigenvalue weighted by atomic mass is 10.1. The molecule has 5 nitrogen and oxygen atoms in total. The molecule has 0 N–H and O–H groups in total. The minimum absolute atomic E-state index is 0.0833. The molecule has 2 amide bonds. The Morgan fingerprint density at radius 3 is 2.58 bits per heavy atom. The second kappa shape index (κ2) is 7.95. The van der Waals surface area contributed by atoms with Gasteiger partial charge < -0.3 is 9.64 Å². The van der Waals surface area contributed by atoms with Gasteiger partial charge >= 0.3 is 6.09 Å². The molecule has 0 spiro atoms. The molecular formula is C19H18F2N2O3. The fourth-order valence-corrected chi connectivity index (χ4v) is 2.81. The first-order valence-electron chi connectivity index (χ1n) is 8.20. The van der Waals surface area contributed by atoms with Crippen LogP contribution in [0.4, 0.5) is 19.3 Å². The van der Waals surface area contributed by atoms with Gasteiger partial charge in [0.2, 0.25) is 0 Å². The summed E-state index contributed by atoms with van der Waals surface area (Å²) in [5, 5.41) is 0. The number of halogens is 2. The molecular weight excluding hydrogens is 342 g/mol. The molecule has 1 aliphatic heterocycles. The summed E-state index contributed by atoms with van der Waals surface area (Å²) in [4.78, 5) is 27.0. The van der Waals surface area contributed by atoms with Crippen molar-refractivity contribution in [2.24, 2.45) is 0 Å². The van der Waals surface area contributed by atoms with Gasteiger partial charge in [-0.05, 0) is 23.8 Å². The average molecular weight is 360 g/mol. The Labute approximate surface area is 149 Å². The number of rotatable bonds is 6. The molecule has 136 valence electrons. The smallest absolute Gasteiger partial charge is 0.414 e. The van der Waals surface area contributed by atoms with Crippen molar-refractivity contribution in [3.8, 4) is 0 Å². The van der Waals surface area contributed by atoms with E-state index in [0.29, 0.717) is 12.2 Å². The van der Waals surface area contributed by atoms with Crippen molar-refractivity contribution in [3.05, 3.63) is 65.7 Å². The SMILES string of the molecule is O=C(c1cccc(N2CCOC2=O)c1)N(Cc1ccccc1)CC(F)F. The number of anilines is 1. The molecule has 2 aromatic carbocycles. The summed E-state index contributed by atoms with van der Waals surface area (Å²) in [5.74, 6) is -0.511. The van der Waals surface area contributed by atoms with Gasteiger partial charge in [0.1, 0.15) is 6.61 Å². The third-order valence-corrected chi connectivity index (χ3v) is 4.03. The van der Waals surface area contributed by atoms with Gasteiger partial charge in [-0.15, -0.1) is 0 Å². The van der Waals surface area contributed by atoms with E-state index in [1.165, 1.54) is 11.0 Å². The third-order valence-electron chi connectivity index (χ3n) is 4.03. The number of ether oxygens (including phenoxy) is 1. The predicted octanol–water partition coefficient (Wildman–Crippen LogP) is 3.55. The van der Waals surface area contributed by atoms with Crippen molar-refractivity contribution in [3.63, 3.8) is 0 Å². The number of hydrogen-bond donors (Lipinski definition) is 0. The molecule has 0 saturated carbocycles. The number of amides is 2. The molecule has 3 rings (SSSR count). The van der Waals surface area contributed by atoms with Crippen LogP contribution < -0.4 is 4.90 Å². The maximum absolute atomic E-state index is 13.0. The summed E-state index contributed by atoms with van der Waals surface area (Å²) in [5.41, 5.74) is 1.52. The molecule has 26 heavy (non-hydrogen) atoms. The van der Waals surface area contributed by atoms with Crippen molar-refractivity contribution in [2.45, 2.75) is 13.0 Å².